The third-order valence-electron chi connectivity index (χ3n) is 5.48. The van der Waals surface area contributed by atoms with E-state index in [9.17, 15) is 18.0 Å². The number of aryl methyl sites for hydroxylation is 2. The Balaban J connectivity index is 1.98. The second-order valence-electron chi connectivity index (χ2n) is 8.07. The van der Waals surface area contributed by atoms with Gasteiger partial charge in [-0.25, -0.2) is 8.99 Å². The summed E-state index contributed by atoms with van der Waals surface area (Å²) in [5, 5.41) is 2.64. The van der Waals surface area contributed by atoms with E-state index in [1.807, 2.05) is 31.2 Å². The van der Waals surface area contributed by atoms with E-state index in [1.54, 1.807) is 49.8 Å². The quantitative estimate of drug-likeness (QED) is 0.572. The highest BCUT2D eigenvalue weighted by atomic mass is 32.2. The van der Waals surface area contributed by atoms with Gasteiger partial charge in [0.25, 0.3) is 5.56 Å². The Hall–Kier alpha value is -3.37. The fourth-order valence-corrected chi connectivity index (χ4v) is 4.62. The van der Waals surface area contributed by atoms with Gasteiger partial charge in [0.15, 0.2) is 0 Å². The molecule has 1 amide bonds. The van der Waals surface area contributed by atoms with Crippen molar-refractivity contribution in [1.82, 2.24) is 13.7 Å². The fraction of sp³-hybridized carbons (Fsp3) is 0.304. The van der Waals surface area contributed by atoms with Crippen molar-refractivity contribution in [3.63, 3.8) is 0 Å². The average molecular weight is 472 g/mol. The zero-order valence-electron chi connectivity index (χ0n) is 19.7. The number of hydrogen-bond donors (Lipinski definition) is 1. The van der Waals surface area contributed by atoms with Gasteiger partial charge >= 0.3 is 10.2 Å². The zero-order chi connectivity index (χ0) is 24.5. The summed E-state index contributed by atoms with van der Waals surface area (Å²) in [5.41, 5.74) is 2.88. The molecule has 1 aromatic heterocycles. The van der Waals surface area contributed by atoms with Gasteiger partial charge in [0.05, 0.1) is 17.1 Å². The summed E-state index contributed by atoms with van der Waals surface area (Å²) >= 11 is 0. The molecule has 0 bridgehead atoms. The van der Waals surface area contributed by atoms with Crippen LogP contribution in [0.4, 0.5) is 11.4 Å². The summed E-state index contributed by atoms with van der Waals surface area (Å²) in [6.45, 7) is 4.87. The molecule has 0 aliphatic rings. The first-order chi connectivity index (χ1) is 15.4. The van der Waals surface area contributed by atoms with Gasteiger partial charge in [0.2, 0.25) is 5.91 Å². The van der Waals surface area contributed by atoms with Gasteiger partial charge in [-0.2, -0.15) is 12.7 Å². The Labute approximate surface area is 194 Å². The van der Waals surface area contributed by atoms with Gasteiger partial charge < -0.3 is 5.32 Å². The Morgan fingerprint density at radius 3 is 2.27 bits per heavy atom. The SMILES string of the molecule is Cc1ccc(C)c(N(CC(=O)Nc2c(C)n(C)n(-c3ccccc3)c2=O)S(=O)(=O)N(C)C)c1. The van der Waals surface area contributed by atoms with Crippen molar-refractivity contribution in [3.05, 3.63) is 75.7 Å². The Kier molecular flexibility index (Phi) is 6.80. The minimum absolute atomic E-state index is 0.106. The average Bonchev–Trinajstić information content (AvgIpc) is 2.97. The van der Waals surface area contributed by atoms with Gasteiger partial charge in [-0.3, -0.25) is 14.3 Å². The topological polar surface area (TPSA) is 96.6 Å². The molecule has 0 saturated carbocycles. The van der Waals surface area contributed by atoms with Crippen molar-refractivity contribution in [2.24, 2.45) is 7.05 Å². The molecule has 1 heterocycles. The molecule has 176 valence electrons. The molecule has 3 aromatic rings. The number of hydrogen-bond acceptors (Lipinski definition) is 4. The van der Waals surface area contributed by atoms with Crippen molar-refractivity contribution >= 4 is 27.5 Å². The smallest absolute Gasteiger partial charge is 0.304 e. The number of carbonyl (C=O) groups excluding carboxylic acids is 1. The molecule has 10 heteroatoms. The van der Waals surface area contributed by atoms with E-state index in [0.717, 1.165) is 14.2 Å². The van der Waals surface area contributed by atoms with E-state index in [2.05, 4.69) is 5.32 Å². The molecule has 0 aliphatic carbocycles. The fourth-order valence-electron chi connectivity index (χ4n) is 3.50. The largest absolute Gasteiger partial charge is 0.318 e. The van der Waals surface area contributed by atoms with E-state index in [1.165, 1.54) is 18.8 Å². The molecule has 0 unspecified atom stereocenters. The predicted octanol–water partition coefficient (Wildman–Crippen LogP) is 2.35. The molecule has 33 heavy (non-hydrogen) atoms. The standard InChI is InChI=1S/C23H29N5O4S/c1-16-12-13-17(2)20(14-16)27(33(31,32)25(4)5)15-21(29)24-22-18(3)26(6)28(23(22)30)19-10-8-7-9-11-19/h7-14H,15H2,1-6H3,(H,24,29). The van der Waals surface area contributed by atoms with Crippen LogP contribution in [0, 0.1) is 20.8 Å². The van der Waals surface area contributed by atoms with Crippen molar-refractivity contribution in [2.45, 2.75) is 20.8 Å². The molecular weight excluding hydrogens is 442 g/mol. The molecule has 1 N–H and O–H groups in total. The number of nitrogens with zero attached hydrogens (tertiary/aromatic N) is 4. The molecule has 0 aliphatic heterocycles. The van der Waals surface area contributed by atoms with E-state index < -0.39 is 28.2 Å². The molecule has 0 spiro atoms. The van der Waals surface area contributed by atoms with Gasteiger partial charge in [0.1, 0.15) is 12.2 Å². The summed E-state index contributed by atoms with van der Waals surface area (Å²) in [6, 6.07) is 14.5. The van der Waals surface area contributed by atoms with Crippen LogP contribution in [0.15, 0.2) is 53.3 Å². The van der Waals surface area contributed by atoms with Crippen LogP contribution in [-0.2, 0) is 22.1 Å². The number of aromatic nitrogens is 2. The lowest BCUT2D eigenvalue weighted by atomic mass is 10.1. The Morgan fingerprint density at radius 2 is 1.67 bits per heavy atom. The lowest BCUT2D eigenvalue weighted by Gasteiger charge is -2.28. The Bertz CT molecular complexity index is 1340. The lowest BCUT2D eigenvalue weighted by Crippen LogP contribution is -2.44. The van der Waals surface area contributed by atoms with Gasteiger partial charge in [0, 0.05) is 21.1 Å². The highest BCUT2D eigenvalue weighted by Gasteiger charge is 2.29. The van der Waals surface area contributed by atoms with Crippen molar-refractivity contribution in [2.75, 3.05) is 30.3 Å². The number of anilines is 2. The monoisotopic (exact) mass is 471 g/mol. The first-order valence-corrected chi connectivity index (χ1v) is 11.8. The maximum Gasteiger partial charge on any atom is 0.304 e. The van der Waals surface area contributed by atoms with Crippen LogP contribution in [0.1, 0.15) is 16.8 Å². The highest BCUT2D eigenvalue weighted by Crippen LogP contribution is 2.25. The molecule has 3 rings (SSSR count). The van der Waals surface area contributed by atoms with Crippen LogP contribution in [-0.4, -0.2) is 48.6 Å². The van der Waals surface area contributed by atoms with Crippen LogP contribution in [0.5, 0.6) is 0 Å². The first-order valence-electron chi connectivity index (χ1n) is 10.4. The maximum atomic E-state index is 13.1. The minimum atomic E-state index is -3.97. The highest BCUT2D eigenvalue weighted by molar-refractivity contribution is 7.90. The second kappa shape index (κ2) is 9.24. The van der Waals surface area contributed by atoms with Gasteiger partial charge in [-0.15, -0.1) is 0 Å². The molecule has 0 fully saturated rings. The lowest BCUT2D eigenvalue weighted by molar-refractivity contribution is -0.114. The number of rotatable bonds is 7. The maximum absolute atomic E-state index is 13.1. The summed E-state index contributed by atoms with van der Waals surface area (Å²) < 4.78 is 31.3. The third-order valence-corrected chi connectivity index (χ3v) is 7.28. The number of para-hydroxylation sites is 1. The summed E-state index contributed by atoms with van der Waals surface area (Å²) in [6.07, 6.45) is 0. The van der Waals surface area contributed by atoms with Gasteiger partial charge in [-0.1, -0.05) is 30.3 Å². The molecule has 0 radical (unpaired) electrons. The van der Waals surface area contributed by atoms with Crippen molar-refractivity contribution < 1.29 is 13.2 Å². The Morgan fingerprint density at radius 1 is 1.03 bits per heavy atom. The normalized spacial score (nSPS) is 11.6. The van der Waals surface area contributed by atoms with E-state index in [4.69, 9.17) is 0 Å². The van der Waals surface area contributed by atoms with Crippen LogP contribution in [0.2, 0.25) is 0 Å². The molecule has 0 saturated heterocycles. The van der Waals surface area contributed by atoms with Crippen LogP contribution in [0.25, 0.3) is 5.69 Å². The minimum Gasteiger partial charge on any atom is -0.318 e. The summed E-state index contributed by atoms with van der Waals surface area (Å²) in [5.74, 6) is -0.618. The van der Waals surface area contributed by atoms with Crippen molar-refractivity contribution in [1.29, 1.82) is 0 Å². The van der Waals surface area contributed by atoms with E-state index in [0.29, 0.717) is 22.6 Å². The third kappa shape index (κ3) is 4.71. The van der Waals surface area contributed by atoms with Crippen LogP contribution >= 0.6 is 0 Å². The number of benzene rings is 2. The number of carbonyl (C=O) groups is 1. The van der Waals surface area contributed by atoms with Crippen molar-refractivity contribution in [3.8, 4) is 5.69 Å². The second-order valence-corrected chi connectivity index (χ2v) is 10.1. The molecule has 9 nitrogen and oxygen atoms in total. The zero-order valence-corrected chi connectivity index (χ0v) is 20.5. The van der Waals surface area contributed by atoms with E-state index in [-0.39, 0.29) is 5.69 Å². The summed E-state index contributed by atoms with van der Waals surface area (Å²) in [4.78, 5) is 26.1. The molecular formula is C23H29N5O4S. The van der Waals surface area contributed by atoms with Crippen LogP contribution < -0.4 is 15.2 Å². The van der Waals surface area contributed by atoms with Gasteiger partial charge in [-0.05, 0) is 50.1 Å². The van der Waals surface area contributed by atoms with Crippen LogP contribution in [0.3, 0.4) is 0 Å². The number of amides is 1. The summed E-state index contributed by atoms with van der Waals surface area (Å²) in [7, 11) is 0.569. The molecule has 0 atom stereocenters. The molecule has 2 aromatic carbocycles. The van der Waals surface area contributed by atoms with E-state index >= 15 is 0 Å². The first kappa shape index (κ1) is 24.3. The predicted molar refractivity (Wildman–Crippen MR) is 130 cm³/mol. The number of nitrogens with one attached hydrogen (secondary N) is 1.